The van der Waals surface area contributed by atoms with Crippen molar-refractivity contribution >= 4 is 0 Å². The molecule has 0 bridgehead atoms. The molecule has 102 valence electrons. The van der Waals surface area contributed by atoms with E-state index < -0.39 is 0 Å². The summed E-state index contributed by atoms with van der Waals surface area (Å²) in [5.74, 6) is 0. The van der Waals surface area contributed by atoms with Crippen molar-refractivity contribution in [3.63, 3.8) is 0 Å². The maximum absolute atomic E-state index is 5.42. The molecule has 0 aromatic carbocycles. The number of piperidine rings is 1. The van der Waals surface area contributed by atoms with Crippen LogP contribution in [0.1, 0.15) is 46.5 Å². The van der Waals surface area contributed by atoms with Crippen molar-refractivity contribution < 1.29 is 4.74 Å². The molecule has 1 heterocycles. The predicted octanol–water partition coefficient (Wildman–Crippen LogP) is 2.27. The standard InChI is InChI=1S/C14H30N2O/c1-4-17-11-7-10-16-9-6-5-8-14(16)12-15-13(2)3/h13-15H,4-12H2,1-3H3. The first-order valence-corrected chi connectivity index (χ1v) is 7.29. The molecule has 0 amide bonds. The van der Waals surface area contributed by atoms with Crippen LogP contribution in [0.4, 0.5) is 0 Å². The third kappa shape index (κ3) is 6.39. The fraction of sp³-hybridized carbons (Fsp3) is 1.00. The Balaban J connectivity index is 2.22. The van der Waals surface area contributed by atoms with Crippen LogP contribution in [0, 0.1) is 0 Å². The smallest absolute Gasteiger partial charge is 0.0478 e. The predicted molar refractivity (Wildman–Crippen MR) is 73.5 cm³/mol. The van der Waals surface area contributed by atoms with E-state index in [2.05, 4.69) is 31.0 Å². The Labute approximate surface area is 107 Å². The van der Waals surface area contributed by atoms with E-state index in [4.69, 9.17) is 4.74 Å². The highest BCUT2D eigenvalue weighted by Crippen LogP contribution is 2.16. The first-order chi connectivity index (χ1) is 8.24. The third-order valence-corrected chi connectivity index (χ3v) is 3.45. The van der Waals surface area contributed by atoms with Crippen LogP contribution in [-0.4, -0.2) is 49.8 Å². The number of likely N-dealkylation sites (tertiary alicyclic amines) is 1. The monoisotopic (exact) mass is 242 g/mol. The van der Waals surface area contributed by atoms with E-state index in [9.17, 15) is 0 Å². The van der Waals surface area contributed by atoms with E-state index >= 15 is 0 Å². The fourth-order valence-corrected chi connectivity index (χ4v) is 2.47. The van der Waals surface area contributed by atoms with Gasteiger partial charge in [-0.05, 0) is 32.7 Å². The zero-order chi connectivity index (χ0) is 12.5. The summed E-state index contributed by atoms with van der Waals surface area (Å²) in [6, 6.07) is 1.34. The second kappa shape index (κ2) is 8.90. The molecule has 0 radical (unpaired) electrons. The summed E-state index contributed by atoms with van der Waals surface area (Å²) < 4.78 is 5.42. The number of hydrogen-bond acceptors (Lipinski definition) is 3. The molecule has 1 aliphatic rings. The van der Waals surface area contributed by atoms with E-state index in [-0.39, 0.29) is 0 Å². The number of nitrogens with zero attached hydrogens (tertiary/aromatic N) is 1. The lowest BCUT2D eigenvalue weighted by Gasteiger charge is -2.36. The molecule has 0 spiro atoms. The van der Waals surface area contributed by atoms with Crippen molar-refractivity contribution in [1.29, 1.82) is 0 Å². The van der Waals surface area contributed by atoms with Crippen LogP contribution >= 0.6 is 0 Å². The molecule has 17 heavy (non-hydrogen) atoms. The van der Waals surface area contributed by atoms with Crippen LogP contribution in [0.15, 0.2) is 0 Å². The second-order valence-electron chi connectivity index (χ2n) is 5.30. The molecule has 1 atom stereocenters. The van der Waals surface area contributed by atoms with Gasteiger partial charge in [-0.2, -0.15) is 0 Å². The largest absolute Gasteiger partial charge is 0.382 e. The molecule has 0 saturated carbocycles. The quantitative estimate of drug-likeness (QED) is 0.661. The lowest BCUT2D eigenvalue weighted by atomic mass is 10.0. The minimum Gasteiger partial charge on any atom is -0.382 e. The molecule has 0 aliphatic carbocycles. The summed E-state index contributed by atoms with van der Waals surface area (Å²) in [7, 11) is 0. The molecule has 1 aliphatic heterocycles. The van der Waals surface area contributed by atoms with Gasteiger partial charge in [0.15, 0.2) is 0 Å². The Bertz CT molecular complexity index is 185. The molecule has 1 fully saturated rings. The van der Waals surface area contributed by atoms with Gasteiger partial charge in [0.25, 0.3) is 0 Å². The van der Waals surface area contributed by atoms with Crippen molar-refractivity contribution in [1.82, 2.24) is 10.2 Å². The van der Waals surface area contributed by atoms with Crippen molar-refractivity contribution in [2.45, 2.75) is 58.5 Å². The fourth-order valence-electron chi connectivity index (χ4n) is 2.47. The van der Waals surface area contributed by atoms with E-state index in [0.717, 1.165) is 25.8 Å². The molecule has 3 heteroatoms. The highest BCUT2D eigenvalue weighted by Gasteiger charge is 2.21. The second-order valence-corrected chi connectivity index (χ2v) is 5.30. The summed E-state index contributed by atoms with van der Waals surface area (Å²) in [5.41, 5.74) is 0. The van der Waals surface area contributed by atoms with Crippen LogP contribution < -0.4 is 5.32 Å². The van der Waals surface area contributed by atoms with E-state index in [1.165, 1.54) is 38.8 Å². The summed E-state index contributed by atoms with van der Waals surface area (Å²) in [6.07, 6.45) is 5.29. The number of ether oxygens (including phenoxy) is 1. The Hall–Kier alpha value is -0.120. The summed E-state index contributed by atoms with van der Waals surface area (Å²) in [6.45, 7) is 11.9. The first kappa shape index (κ1) is 14.9. The number of nitrogens with one attached hydrogen (secondary N) is 1. The molecule has 1 rings (SSSR count). The normalized spacial score (nSPS) is 22.2. The Morgan fingerprint density at radius 1 is 1.35 bits per heavy atom. The van der Waals surface area contributed by atoms with Crippen LogP contribution in [0.3, 0.4) is 0 Å². The molecule has 0 aromatic heterocycles. The minimum absolute atomic E-state index is 0.599. The topological polar surface area (TPSA) is 24.5 Å². The molecule has 3 nitrogen and oxygen atoms in total. The van der Waals surface area contributed by atoms with Crippen LogP contribution in [0.5, 0.6) is 0 Å². The highest BCUT2D eigenvalue weighted by atomic mass is 16.5. The van der Waals surface area contributed by atoms with E-state index in [1.54, 1.807) is 0 Å². The van der Waals surface area contributed by atoms with Crippen molar-refractivity contribution in [3.8, 4) is 0 Å². The summed E-state index contributed by atoms with van der Waals surface area (Å²) in [4.78, 5) is 2.65. The van der Waals surface area contributed by atoms with Gasteiger partial charge in [-0.1, -0.05) is 20.3 Å². The van der Waals surface area contributed by atoms with Gasteiger partial charge in [-0.15, -0.1) is 0 Å². The van der Waals surface area contributed by atoms with Crippen LogP contribution in [-0.2, 0) is 4.74 Å². The minimum atomic E-state index is 0.599. The van der Waals surface area contributed by atoms with E-state index in [0.29, 0.717) is 6.04 Å². The summed E-state index contributed by atoms with van der Waals surface area (Å²) in [5, 5.41) is 3.57. The third-order valence-electron chi connectivity index (χ3n) is 3.45. The molecule has 1 unspecified atom stereocenters. The van der Waals surface area contributed by atoms with Gasteiger partial charge in [-0.3, -0.25) is 4.90 Å². The van der Waals surface area contributed by atoms with Gasteiger partial charge in [0, 0.05) is 38.4 Å². The molecule has 1 N–H and O–H groups in total. The maximum Gasteiger partial charge on any atom is 0.0478 e. The van der Waals surface area contributed by atoms with Gasteiger partial charge >= 0.3 is 0 Å². The molecule has 0 aromatic rings. The zero-order valence-corrected chi connectivity index (χ0v) is 11.9. The average Bonchev–Trinajstić information content (AvgIpc) is 2.33. The number of rotatable bonds is 8. The lowest BCUT2D eigenvalue weighted by Crippen LogP contribution is -2.47. The molecular formula is C14H30N2O. The zero-order valence-electron chi connectivity index (χ0n) is 11.9. The maximum atomic E-state index is 5.42. The van der Waals surface area contributed by atoms with Crippen molar-refractivity contribution in [2.75, 3.05) is 32.8 Å². The average molecular weight is 242 g/mol. The van der Waals surface area contributed by atoms with Gasteiger partial charge in [-0.25, -0.2) is 0 Å². The Kier molecular flexibility index (Phi) is 7.82. The van der Waals surface area contributed by atoms with Crippen molar-refractivity contribution in [2.24, 2.45) is 0 Å². The van der Waals surface area contributed by atoms with Crippen LogP contribution in [0.25, 0.3) is 0 Å². The van der Waals surface area contributed by atoms with E-state index in [1.807, 2.05) is 0 Å². The SMILES string of the molecule is CCOCCCN1CCCCC1CNC(C)C. The van der Waals surface area contributed by atoms with Gasteiger partial charge in [0.05, 0.1) is 0 Å². The van der Waals surface area contributed by atoms with Gasteiger partial charge in [0.1, 0.15) is 0 Å². The molecule has 1 saturated heterocycles. The summed E-state index contributed by atoms with van der Waals surface area (Å²) >= 11 is 0. The van der Waals surface area contributed by atoms with Gasteiger partial charge < -0.3 is 10.1 Å². The lowest BCUT2D eigenvalue weighted by molar-refractivity contribution is 0.104. The van der Waals surface area contributed by atoms with Gasteiger partial charge in [0.2, 0.25) is 0 Å². The Morgan fingerprint density at radius 3 is 2.88 bits per heavy atom. The van der Waals surface area contributed by atoms with Crippen molar-refractivity contribution in [3.05, 3.63) is 0 Å². The number of hydrogen-bond donors (Lipinski definition) is 1. The van der Waals surface area contributed by atoms with Crippen LogP contribution in [0.2, 0.25) is 0 Å². The Morgan fingerprint density at radius 2 is 2.18 bits per heavy atom. The highest BCUT2D eigenvalue weighted by molar-refractivity contribution is 4.79. The first-order valence-electron chi connectivity index (χ1n) is 7.29. The molecular weight excluding hydrogens is 212 g/mol.